The summed E-state index contributed by atoms with van der Waals surface area (Å²) < 4.78 is 21.0. The number of halogens is 2. The van der Waals surface area contributed by atoms with E-state index < -0.39 is 0 Å². The molecule has 1 N–H and O–H groups in total. The number of benzene rings is 1. The van der Waals surface area contributed by atoms with Crippen LogP contribution in [0.1, 0.15) is 5.69 Å². The van der Waals surface area contributed by atoms with Crippen LogP contribution in [0.15, 0.2) is 28.9 Å². The largest absolute Gasteiger partial charge is 0.490 e. The molecule has 2 rings (SSSR count). The Labute approximate surface area is 118 Å². The number of ether oxygens (including phenoxy) is 1. The first kappa shape index (κ1) is 14.0. The normalized spacial score (nSPS) is 10.7. The lowest BCUT2D eigenvalue weighted by Crippen LogP contribution is -2.09. The highest BCUT2D eigenvalue weighted by atomic mass is 79.9. The van der Waals surface area contributed by atoms with Crippen molar-refractivity contribution in [2.75, 3.05) is 13.7 Å². The highest BCUT2D eigenvalue weighted by Crippen LogP contribution is 2.25. The van der Waals surface area contributed by atoms with Gasteiger partial charge in [0.2, 0.25) is 0 Å². The Bertz CT molecular complexity index is 546. The lowest BCUT2D eigenvalue weighted by atomic mass is 10.3. The summed E-state index contributed by atoms with van der Waals surface area (Å²) in [6, 6.07) is 4.33. The van der Waals surface area contributed by atoms with Crippen LogP contribution in [0.3, 0.4) is 0 Å². The van der Waals surface area contributed by atoms with E-state index in [0.29, 0.717) is 25.4 Å². The van der Waals surface area contributed by atoms with Gasteiger partial charge in [-0.1, -0.05) is 5.21 Å². The molecule has 0 radical (unpaired) electrons. The first-order valence-electron chi connectivity index (χ1n) is 5.80. The predicted octanol–water partition coefficient (Wildman–Crippen LogP) is 1.98. The van der Waals surface area contributed by atoms with E-state index in [4.69, 9.17) is 4.74 Å². The SMILES string of the molecule is CNCc1cn(CCOc2cc(F)ccc2Br)nn1. The molecule has 7 heteroatoms. The summed E-state index contributed by atoms with van der Waals surface area (Å²) in [5.74, 6) is 0.158. The third-order valence-corrected chi connectivity index (χ3v) is 3.07. The summed E-state index contributed by atoms with van der Waals surface area (Å²) in [7, 11) is 1.85. The first-order chi connectivity index (χ1) is 9.19. The molecule has 0 unspecified atom stereocenters. The zero-order valence-corrected chi connectivity index (χ0v) is 12.0. The maximum atomic E-state index is 13.1. The highest BCUT2D eigenvalue weighted by molar-refractivity contribution is 9.10. The van der Waals surface area contributed by atoms with Gasteiger partial charge in [0.15, 0.2) is 0 Å². The van der Waals surface area contributed by atoms with Crippen LogP contribution in [-0.4, -0.2) is 28.6 Å². The van der Waals surface area contributed by atoms with Crippen LogP contribution in [0.2, 0.25) is 0 Å². The number of aromatic nitrogens is 3. The van der Waals surface area contributed by atoms with Gasteiger partial charge in [-0.05, 0) is 35.1 Å². The van der Waals surface area contributed by atoms with Gasteiger partial charge in [-0.25, -0.2) is 9.07 Å². The summed E-state index contributed by atoms with van der Waals surface area (Å²) in [5.41, 5.74) is 0.870. The van der Waals surface area contributed by atoms with Crippen molar-refractivity contribution in [3.8, 4) is 5.75 Å². The monoisotopic (exact) mass is 328 g/mol. The average Bonchev–Trinajstić information content (AvgIpc) is 2.82. The molecule has 5 nitrogen and oxygen atoms in total. The molecule has 1 aromatic heterocycles. The third kappa shape index (κ3) is 4.00. The van der Waals surface area contributed by atoms with Gasteiger partial charge in [-0.15, -0.1) is 5.10 Å². The summed E-state index contributed by atoms with van der Waals surface area (Å²) in [5, 5.41) is 11.0. The van der Waals surface area contributed by atoms with E-state index in [1.54, 1.807) is 10.7 Å². The fraction of sp³-hybridized carbons (Fsp3) is 0.333. The molecule has 0 saturated carbocycles. The highest BCUT2D eigenvalue weighted by Gasteiger charge is 2.04. The second-order valence-electron chi connectivity index (χ2n) is 3.93. The Morgan fingerprint density at radius 1 is 1.47 bits per heavy atom. The molecule has 2 aromatic rings. The minimum Gasteiger partial charge on any atom is -0.490 e. The van der Waals surface area contributed by atoms with E-state index in [1.807, 2.05) is 13.2 Å². The number of rotatable bonds is 6. The lowest BCUT2D eigenvalue weighted by molar-refractivity contribution is 0.287. The molecule has 1 aromatic carbocycles. The van der Waals surface area contributed by atoms with E-state index in [9.17, 15) is 4.39 Å². The second kappa shape index (κ2) is 6.63. The van der Waals surface area contributed by atoms with E-state index in [2.05, 4.69) is 31.6 Å². The molecule has 102 valence electrons. The quantitative estimate of drug-likeness (QED) is 0.881. The van der Waals surface area contributed by atoms with Gasteiger partial charge in [0.05, 0.1) is 16.7 Å². The molecule has 0 fully saturated rings. The summed E-state index contributed by atoms with van der Waals surface area (Å²) >= 11 is 3.31. The molecule has 0 aliphatic rings. The Morgan fingerprint density at radius 2 is 2.32 bits per heavy atom. The molecule has 0 aliphatic carbocycles. The lowest BCUT2D eigenvalue weighted by Gasteiger charge is -2.07. The molecule has 19 heavy (non-hydrogen) atoms. The fourth-order valence-corrected chi connectivity index (χ4v) is 1.91. The smallest absolute Gasteiger partial charge is 0.136 e. The molecule has 0 saturated heterocycles. The molecular formula is C12H14BrFN4O. The average molecular weight is 329 g/mol. The topological polar surface area (TPSA) is 52.0 Å². The summed E-state index contributed by atoms with van der Waals surface area (Å²) in [4.78, 5) is 0. The first-order valence-corrected chi connectivity index (χ1v) is 6.60. The Hall–Kier alpha value is -1.47. The van der Waals surface area contributed by atoms with Gasteiger partial charge >= 0.3 is 0 Å². The number of nitrogens with zero attached hydrogens (tertiary/aromatic N) is 3. The van der Waals surface area contributed by atoms with Crippen LogP contribution in [0.5, 0.6) is 5.75 Å². The zero-order chi connectivity index (χ0) is 13.7. The van der Waals surface area contributed by atoms with Crippen molar-refractivity contribution in [3.63, 3.8) is 0 Å². The van der Waals surface area contributed by atoms with Crippen molar-refractivity contribution in [3.05, 3.63) is 40.4 Å². The van der Waals surface area contributed by atoms with Gasteiger partial charge in [0.25, 0.3) is 0 Å². The van der Waals surface area contributed by atoms with E-state index in [-0.39, 0.29) is 5.82 Å². The molecule has 0 amide bonds. The van der Waals surface area contributed by atoms with Gasteiger partial charge < -0.3 is 10.1 Å². The summed E-state index contributed by atoms with van der Waals surface area (Å²) in [6.07, 6.45) is 1.85. The van der Waals surface area contributed by atoms with E-state index in [1.165, 1.54) is 12.1 Å². The van der Waals surface area contributed by atoms with Crippen LogP contribution < -0.4 is 10.1 Å². The molecule has 0 spiro atoms. The van der Waals surface area contributed by atoms with Crippen molar-refractivity contribution < 1.29 is 9.13 Å². The van der Waals surface area contributed by atoms with Crippen molar-refractivity contribution in [1.29, 1.82) is 0 Å². The number of nitrogens with one attached hydrogen (secondary N) is 1. The van der Waals surface area contributed by atoms with Crippen molar-refractivity contribution in [2.45, 2.75) is 13.1 Å². The fourth-order valence-electron chi connectivity index (χ4n) is 1.55. The minimum absolute atomic E-state index is 0.324. The van der Waals surface area contributed by atoms with Gasteiger partial charge in [-0.3, -0.25) is 0 Å². The second-order valence-corrected chi connectivity index (χ2v) is 4.78. The maximum absolute atomic E-state index is 13.1. The van der Waals surface area contributed by atoms with Crippen LogP contribution >= 0.6 is 15.9 Å². The molecule has 0 bridgehead atoms. The molecule has 1 heterocycles. The standard InChI is InChI=1S/C12H14BrFN4O/c1-15-7-10-8-18(17-16-10)4-5-19-12-6-9(14)2-3-11(12)13/h2-3,6,8,15H,4-5,7H2,1H3. The number of hydrogen-bond acceptors (Lipinski definition) is 4. The van der Waals surface area contributed by atoms with Crippen molar-refractivity contribution in [2.24, 2.45) is 0 Å². The van der Waals surface area contributed by atoms with Crippen LogP contribution in [0, 0.1) is 5.82 Å². The Morgan fingerprint density at radius 3 is 3.11 bits per heavy atom. The Balaban J connectivity index is 1.87. The van der Waals surface area contributed by atoms with Crippen molar-refractivity contribution in [1.82, 2.24) is 20.3 Å². The minimum atomic E-state index is -0.324. The van der Waals surface area contributed by atoms with Gasteiger partial charge in [0.1, 0.15) is 18.2 Å². The van der Waals surface area contributed by atoms with Crippen LogP contribution in [0.25, 0.3) is 0 Å². The van der Waals surface area contributed by atoms with E-state index >= 15 is 0 Å². The third-order valence-electron chi connectivity index (χ3n) is 2.42. The van der Waals surface area contributed by atoms with Crippen LogP contribution in [-0.2, 0) is 13.1 Å². The number of hydrogen-bond donors (Lipinski definition) is 1. The molecule has 0 aliphatic heterocycles. The van der Waals surface area contributed by atoms with Crippen LogP contribution in [0.4, 0.5) is 4.39 Å². The maximum Gasteiger partial charge on any atom is 0.136 e. The molecule has 0 atom stereocenters. The van der Waals surface area contributed by atoms with Gasteiger partial charge in [0, 0.05) is 18.8 Å². The predicted molar refractivity (Wildman–Crippen MR) is 72.4 cm³/mol. The Kier molecular flexibility index (Phi) is 4.86. The van der Waals surface area contributed by atoms with Gasteiger partial charge in [-0.2, -0.15) is 0 Å². The summed E-state index contributed by atoms with van der Waals surface area (Å²) in [6.45, 7) is 1.63. The van der Waals surface area contributed by atoms with Crippen molar-refractivity contribution >= 4 is 15.9 Å². The van der Waals surface area contributed by atoms with E-state index in [0.717, 1.165) is 10.2 Å². The molecular weight excluding hydrogens is 315 g/mol. The zero-order valence-electron chi connectivity index (χ0n) is 10.4.